The highest BCUT2D eigenvalue weighted by Gasteiger charge is 2.45. The Kier molecular flexibility index (Phi) is 8.36. The number of hydrogen-bond donors (Lipinski definition) is 2. The van der Waals surface area contributed by atoms with E-state index in [1.54, 1.807) is 0 Å². The lowest BCUT2D eigenvalue weighted by atomic mass is 10.1. The van der Waals surface area contributed by atoms with Gasteiger partial charge in [-0.25, -0.2) is 4.79 Å². The van der Waals surface area contributed by atoms with E-state index >= 15 is 0 Å². The maximum atomic E-state index is 12.0. The molecule has 26 heavy (non-hydrogen) atoms. The lowest BCUT2D eigenvalue weighted by Gasteiger charge is -2.19. The summed E-state index contributed by atoms with van der Waals surface area (Å²) in [4.78, 5) is 25.3. The quantitative estimate of drug-likeness (QED) is 0.541. The maximum Gasteiger partial charge on any atom is 0.330 e. The van der Waals surface area contributed by atoms with Gasteiger partial charge in [-0.05, 0) is 13.8 Å². The number of methoxy groups -OCH3 is 1. The summed E-state index contributed by atoms with van der Waals surface area (Å²) < 4.78 is 28.7. The van der Waals surface area contributed by atoms with Gasteiger partial charge >= 0.3 is 5.69 Å². The van der Waals surface area contributed by atoms with E-state index in [-0.39, 0.29) is 13.0 Å². The fourth-order valence-corrected chi connectivity index (χ4v) is 3.66. The monoisotopic (exact) mass is 392 g/mol. The van der Waals surface area contributed by atoms with Gasteiger partial charge in [-0.2, -0.15) is 0 Å². The molecule has 0 saturated carbocycles. The molecule has 4 atom stereocenters. The van der Waals surface area contributed by atoms with Crippen LogP contribution >= 0.6 is 8.38 Å². The summed E-state index contributed by atoms with van der Waals surface area (Å²) in [7, 11) is 0.251. The summed E-state index contributed by atoms with van der Waals surface area (Å²) in [5, 5.41) is 10.4. The van der Waals surface area contributed by atoms with Crippen LogP contribution in [0.4, 0.5) is 0 Å². The molecule has 1 saturated heterocycles. The van der Waals surface area contributed by atoms with Gasteiger partial charge in [-0.1, -0.05) is 0 Å². The molecule has 148 valence electrons. The van der Waals surface area contributed by atoms with Crippen molar-refractivity contribution in [2.24, 2.45) is 0 Å². The average Bonchev–Trinajstić information content (AvgIpc) is 2.91. The number of ether oxygens (including phenoxy) is 3. The van der Waals surface area contributed by atoms with Crippen LogP contribution in [-0.2, 0) is 23.3 Å². The van der Waals surface area contributed by atoms with Crippen LogP contribution in [0.15, 0.2) is 21.9 Å². The van der Waals surface area contributed by atoms with Crippen LogP contribution in [0, 0.1) is 0 Å². The standard InChI is InChI=1S/C15H25N2O8P/c1-4-23-26(24-5-2)9-22-8-10-12(19)13(21-3)14(25-10)17-7-6-11(18)16-15(17)20/h6-7,10,12-14,19H,4-5,8-9H2,1-3H3,(H,16,18,20). The summed E-state index contributed by atoms with van der Waals surface area (Å²) in [6, 6.07) is 1.20. The molecule has 0 spiro atoms. The van der Waals surface area contributed by atoms with Gasteiger partial charge in [0, 0.05) is 19.4 Å². The van der Waals surface area contributed by atoms with E-state index in [0.717, 1.165) is 0 Å². The molecule has 2 rings (SSSR count). The van der Waals surface area contributed by atoms with E-state index < -0.39 is 44.2 Å². The minimum Gasteiger partial charge on any atom is -0.387 e. The number of aromatic amines is 1. The van der Waals surface area contributed by atoms with Crippen LogP contribution in [-0.4, -0.2) is 66.2 Å². The molecule has 10 nitrogen and oxygen atoms in total. The molecule has 0 aromatic carbocycles. The highest BCUT2D eigenvalue weighted by Crippen LogP contribution is 2.38. The van der Waals surface area contributed by atoms with Gasteiger partial charge in [0.2, 0.25) is 0 Å². The zero-order valence-corrected chi connectivity index (χ0v) is 15.9. The van der Waals surface area contributed by atoms with E-state index in [4.69, 9.17) is 23.3 Å². The van der Waals surface area contributed by atoms with E-state index in [1.165, 1.54) is 23.9 Å². The van der Waals surface area contributed by atoms with Gasteiger partial charge in [0.1, 0.15) is 24.7 Å². The second-order valence-corrected chi connectivity index (χ2v) is 6.88. The van der Waals surface area contributed by atoms with Crippen molar-refractivity contribution in [2.75, 3.05) is 33.3 Å². The highest BCUT2D eigenvalue weighted by molar-refractivity contribution is 7.47. The number of nitrogens with one attached hydrogen (secondary N) is 1. The first-order valence-electron chi connectivity index (χ1n) is 8.30. The Labute approximate surface area is 151 Å². The molecule has 0 amide bonds. The first-order chi connectivity index (χ1) is 12.5. The number of aliphatic hydroxyl groups excluding tert-OH is 1. The van der Waals surface area contributed by atoms with Gasteiger partial charge in [-0.15, -0.1) is 0 Å². The topological polar surface area (TPSA) is 121 Å². The second kappa shape index (κ2) is 10.3. The SMILES string of the molecule is CCOP(COCC1OC(n2ccc(=O)[nH]c2=O)C(OC)C1O)OCC. The van der Waals surface area contributed by atoms with Gasteiger partial charge in [0.15, 0.2) is 14.6 Å². The molecule has 1 aliphatic heterocycles. The van der Waals surface area contributed by atoms with E-state index in [9.17, 15) is 14.7 Å². The number of rotatable bonds is 10. The lowest BCUT2D eigenvalue weighted by molar-refractivity contribution is -0.0690. The normalized spacial score (nSPS) is 25.9. The summed E-state index contributed by atoms with van der Waals surface area (Å²) in [6.07, 6.45) is -1.83. The smallest absolute Gasteiger partial charge is 0.330 e. The molecular formula is C15H25N2O8P. The first-order valence-corrected chi connectivity index (χ1v) is 9.67. The van der Waals surface area contributed by atoms with Crippen molar-refractivity contribution in [1.29, 1.82) is 0 Å². The van der Waals surface area contributed by atoms with Crippen LogP contribution in [0.1, 0.15) is 20.1 Å². The Morgan fingerprint density at radius 2 is 2.00 bits per heavy atom. The summed E-state index contributed by atoms with van der Waals surface area (Å²) >= 11 is 0. The van der Waals surface area contributed by atoms with Crippen molar-refractivity contribution < 1.29 is 28.4 Å². The zero-order chi connectivity index (χ0) is 19.1. The third kappa shape index (κ3) is 5.20. The van der Waals surface area contributed by atoms with Crippen LogP contribution in [0.2, 0.25) is 0 Å². The summed E-state index contributed by atoms with van der Waals surface area (Å²) in [6.45, 7) is 4.84. The Morgan fingerprint density at radius 1 is 1.31 bits per heavy atom. The molecule has 1 aromatic heterocycles. The molecule has 1 aromatic rings. The minimum atomic E-state index is -1.16. The maximum absolute atomic E-state index is 12.0. The molecule has 2 N–H and O–H groups in total. The fourth-order valence-electron chi connectivity index (χ4n) is 2.61. The Morgan fingerprint density at radius 3 is 2.58 bits per heavy atom. The predicted octanol–water partition coefficient (Wildman–Crippen LogP) is 0.169. The Balaban J connectivity index is 2.00. The minimum absolute atomic E-state index is 0.0780. The van der Waals surface area contributed by atoms with Crippen molar-refractivity contribution in [3.63, 3.8) is 0 Å². The van der Waals surface area contributed by atoms with Crippen LogP contribution < -0.4 is 11.2 Å². The number of H-pyrrole nitrogens is 1. The number of aliphatic hydroxyl groups is 1. The average molecular weight is 392 g/mol. The molecule has 0 radical (unpaired) electrons. The number of aromatic nitrogens is 2. The van der Waals surface area contributed by atoms with Crippen molar-refractivity contribution in [1.82, 2.24) is 9.55 Å². The second-order valence-electron chi connectivity index (χ2n) is 5.44. The Hall–Kier alpha value is -1.13. The molecule has 1 fully saturated rings. The third-order valence-electron chi connectivity index (χ3n) is 3.74. The molecule has 4 unspecified atom stereocenters. The lowest BCUT2D eigenvalue weighted by Crippen LogP contribution is -2.38. The van der Waals surface area contributed by atoms with Gasteiger partial charge in [-0.3, -0.25) is 14.3 Å². The van der Waals surface area contributed by atoms with Crippen LogP contribution in [0.25, 0.3) is 0 Å². The highest BCUT2D eigenvalue weighted by atomic mass is 31.2. The predicted molar refractivity (Wildman–Crippen MR) is 93.0 cm³/mol. The van der Waals surface area contributed by atoms with Gasteiger partial charge in [0.05, 0.1) is 19.8 Å². The van der Waals surface area contributed by atoms with Crippen molar-refractivity contribution in [2.45, 2.75) is 38.4 Å². The summed E-state index contributed by atoms with van der Waals surface area (Å²) in [5.41, 5.74) is -1.16. The molecule has 0 bridgehead atoms. The third-order valence-corrected chi connectivity index (χ3v) is 5.22. The van der Waals surface area contributed by atoms with Gasteiger partial charge in [0.25, 0.3) is 5.56 Å². The molecule has 0 aliphatic carbocycles. The largest absolute Gasteiger partial charge is 0.387 e. The van der Waals surface area contributed by atoms with Crippen molar-refractivity contribution in [3.8, 4) is 0 Å². The number of nitrogens with zero attached hydrogens (tertiary/aromatic N) is 1. The first kappa shape index (κ1) is 21.2. The number of hydrogen-bond acceptors (Lipinski definition) is 8. The van der Waals surface area contributed by atoms with Crippen LogP contribution in [0.3, 0.4) is 0 Å². The van der Waals surface area contributed by atoms with Crippen molar-refractivity contribution >= 4 is 8.38 Å². The van der Waals surface area contributed by atoms with Crippen molar-refractivity contribution in [3.05, 3.63) is 33.1 Å². The summed E-state index contributed by atoms with van der Waals surface area (Å²) in [5.74, 6) is 0. The van der Waals surface area contributed by atoms with Crippen LogP contribution in [0.5, 0.6) is 0 Å². The van der Waals surface area contributed by atoms with E-state index in [2.05, 4.69) is 4.98 Å². The molecule has 1 aliphatic rings. The van der Waals surface area contributed by atoms with E-state index in [0.29, 0.717) is 13.2 Å². The fraction of sp³-hybridized carbons (Fsp3) is 0.733. The molecule has 2 heterocycles. The Bertz CT molecular complexity index is 660. The molecular weight excluding hydrogens is 367 g/mol. The van der Waals surface area contributed by atoms with Gasteiger partial charge < -0.3 is 28.4 Å². The molecule has 11 heteroatoms. The zero-order valence-electron chi connectivity index (χ0n) is 15.0. The van der Waals surface area contributed by atoms with E-state index in [1.807, 2.05) is 13.8 Å².